The first-order valence-electron chi connectivity index (χ1n) is 5.75. The van der Waals surface area contributed by atoms with Crippen LogP contribution in [0, 0.1) is 0 Å². The van der Waals surface area contributed by atoms with E-state index in [1.165, 1.54) is 0 Å². The number of ether oxygens (including phenoxy) is 1. The largest absolute Gasteiger partial charge is 0.489 e. The van der Waals surface area contributed by atoms with Crippen molar-refractivity contribution in [3.05, 3.63) is 30.3 Å². The molecule has 2 nitrogen and oxygen atoms in total. The number of likely N-dealkylation sites (tertiary alicyclic amines) is 1. The number of benzene rings is 1. The number of hydrogen-bond acceptors (Lipinski definition) is 2. The summed E-state index contributed by atoms with van der Waals surface area (Å²) in [6.07, 6.45) is 1.50. The molecule has 1 aromatic carbocycles. The molecule has 0 bridgehead atoms. The van der Waals surface area contributed by atoms with Crippen LogP contribution in [-0.2, 0) is 0 Å². The van der Waals surface area contributed by atoms with E-state index in [0.29, 0.717) is 12.1 Å². The SMILES string of the molecule is CCN1CC(Oc2ccccc2)CC1C. The molecule has 1 saturated heterocycles. The molecule has 1 fully saturated rings. The van der Waals surface area contributed by atoms with Crippen LogP contribution in [-0.4, -0.2) is 30.1 Å². The Balaban J connectivity index is 1.92. The Morgan fingerprint density at radius 2 is 2.07 bits per heavy atom. The second kappa shape index (κ2) is 4.67. The molecule has 0 aliphatic carbocycles. The lowest BCUT2D eigenvalue weighted by Crippen LogP contribution is -2.28. The van der Waals surface area contributed by atoms with Gasteiger partial charge in [-0.25, -0.2) is 0 Å². The number of nitrogens with zero attached hydrogens (tertiary/aromatic N) is 1. The van der Waals surface area contributed by atoms with Crippen molar-refractivity contribution in [3.63, 3.8) is 0 Å². The number of para-hydroxylation sites is 1. The molecule has 1 aliphatic rings. The molecule has 2 rings (SSSR count). The molecule has 2 atom stereocenters. The lowest BCUT2D eigenvalue weighted by Gasteiger charge is -2.17. The Kier molecular flexibility index (Phi) is 3.27. The molecule has 15 heavy (non-hydrogen) atoms. The van der Waals surface area contributed by atoms with Crippen molar-refractivity contribution in [3.8, 4) is 5.75 Å². The molecular formula is C13H19NO. The van der Waals surface area contributed by atoms with E-state index in [1.807, 2.05) is 30.3 Å². The average molecular weight is 205 g/mol. The highest BCUT2D eigenvalue weighted by Crippen LogP contribution is 2.21. The number of likely N-dealkylation sites (N-methyl/N-ethyl adjacent to an activating group) is 1. The number of hydrogen-bond donors (Lipinski definition) is 0. The Labute approximate surface area is 91.9 Å². The van der Waals surface area contributed by atoms with Crippen molar-refractivity contribution in [1.82, 2.24) is 4.90 Å². The summed E-state index contributed by atoms with van der Waals surface area (Å²) in [7, 11) is 0. The second-order valence-electron chi connectivity index (χ2n) is 4.23. The van der Waals surface area contributed by atoms with E-state index in [2.05, 4.69) is 18.7 Å². The van der Waals surface area contributed by atoms with Crippen molar-refractivity contribution in [2.75, 3.05) is 13.1 Å². The Bertz CT molecular complexity index is 299. The van der Waals surface area contributed by atoms with E-state index in [-0.39, 0.29) is 0 Å². The average Bonchev–Trinajstić information content (AvgIpc) is 2.60. The van der Waals surface area contributed by atoms with Crippen LogP contribution in [0.2, 0.25) is 0 Å². The van der Waals surface area contributed by atoms with E-state index in [1.54, 1.807) is 0 Å². The third-order valence-corrected chi connectivity index (χ3v) is 3.12. The fourth-order valence-electron chi connectivity index (χ4n) is 2.26. The van der Waals surface area contributed by atoms with Gasteiger partial charge in [0.2, 0.25) is 0 Å². The Morgan fingerprint density at radius 3 is 2.67 bits per heavy atom. The van der Waals surface area contributed by atoms with Crippen molar-refractivity contribution in [2.24, 2.45) is 0 Å². The first-order chi connectivity index (χ1) is 7.29. The van der Waals surface area contributed by atoms with E-state index in [9.17, 15) is 0 Å². The molecule has 1 aromatic rings. The lowest BCUT2D eigenvalue weighted by atomic mass is 10.2. The standard InChI is InChI=1S/C13H19NO/c1-3-14-10-13(9-11(14)2)15-12-7-5-4-6-8-12/h4-8,11,13H,3,9-10H2,1-2H3. The van der Waals surface area contributed by atoms with Crippen LogP contribution in [0.15, 0.2) is 30.3 Å². The summed E-state index contributed by atoms with van der Waals surface area (Å²) in [5.41, 5.74) is 0. The third-order valence-electron chi connectivity index (χ3n) is 3.12. The Morgan fingerprint density at radius 1 is 1.33 bits per heavy atom. The van der Waals surface area contributed by atoms with Crippen molar-refractivity contribution < 1.29 is 4.74 Å². The molecule has 0 saturated carbocycles. The lowest BCUT2D eigenvalue weighted by molar-refractivity contribution is 0.201. The van der Waals surface area contributed by atoms with Crippen LogP contribution >= 0.6 is 0 Å². The van der Waals surface area contributed by atoms with Crippen LogP contribution in [0.3, 0.4) is 0 Å². The molecule has 1 aliphatic heterocycles. The maximum atomic E-state index is 5.94. The summed E-state index contributed by atoms with van der Waals surface area (Å²) < 4.78 is 5.94. The zero-order chi connectivity index (χ0) is 10.7. The van der Waals surface area contributed by atoms with Gasteiger partial charge in [-0.2, -0.15) is 0 Å². The van der Waals surface area contributed by atoms with Gasteiger partial charge in [0.15, 0.2) is 0 Å². The molecule has 82 valence electrons. The molecule has 0 spiro atoms. The molecule has 2 unspecified atom stereocenters. The van der Waals surface area contributed by atoms with Gasteiger partial charge in [0.05, 0.1) is 0 Å². The minimum absolute atomic E-state index is 0.363. The van der Waals surface area contributed by atoms with Crippen molar-refractivity contribution >= 4 is 0 Å². The molecule has 0 N–H and O–H groups in total. The zero-order valence-electron chi connectivity index (χ0n) is 9.52. The predicted octanol–water partition coefficient (Wildman–Crippen LogP) is 2.55. The third kappa shape index (κ3) is 2.51. The summed E-state index contributed by atoms with van der Waals surface area (Å²) in [6, 6.07) is 10.8. The molecule has 0 radical (unpaired) electrons. The topological polar surface area (TPSA) is 12.5 Å². The highest BCUT2D eigenvalue weighted by molar-refractivity contribution is 5.21. The molecular weight excluding hydrogens is 186 g/mol. The smallest absolute Gasteiger partial charge is 0.119 e. The fraction of sp³-hybridized carbons (Fsp3) is 0.538. The first kappa shape index (κ1) is 10.5. The van der Waals surface area contributed by atoms with E-state index < -0.39 is 0 Å². The summed E-state index contributed by atoms with van der Waals surface area (Å²) in [4.78, 5) is 2.47. The predicted molar refractivity (Wildman–Crippen MR) is 62.2 cm³/mol. The first-order valence-corrected chi connectivity index (χ1v) is 5.75. The van der Waals surface area contributed by atoms with Crippen LogP contribution in [0.4, 0.5) is 0 Å². The van der Waals surface area contributed by atoms with Gasteiger partial charge in [-0.05, 0) is 25.6 Å². The normalized spacial score (nSPS) is 26.8. The summed E-state index contributed by atoms with van der Waals surface area (Å²) >= 11 is 0. The minimum Gasteiger partial charge on any atom is -0.489 e. The molecule has 1 heterocycles. The van der Waals surface area contributed by atoms with Gasteiger partial charge >= 0.3 is 0 Å². The van der Waals surface area contributed by atoms with Gasteiger partial charge in [0.1, 0.15) is 11.9 Å². The van der Waals surface area contributed by atoms with Gasteiger partial charge in [0, 0.05) is 19.0 Å². The van der Waals surface area contributed by atoms with E-state index >= 15 is 0 Å². The zero-order valence-corrected chi connectivity index (χ0v) is 9.52. The van der Waals surface area contributed by atoms with Crippen LogP contribution in [0.5, 0.6) is 5.75 Å². The van der Waals surface area contributed by atoms with Crippen molar-refractivity contribution in [1.29, 1.82) is 0 Å². The summed E-state index contributed by atoms with van der Waals surface area (Å²) in [5, 5.41) is 0. The number of rotatable bonds is 3. The second-order valence-corrected chi connectivity index (χ2v) is 4.23. The van der Waals surface area contributed by atoms with E-state index in [4.69, 9.17) is 4.74 Å². The molecule has 0 amide bonds. The quantitative estimate of drug-likeness (QED) is 0.752. The minimum atomic E-state index is 0.363. The highest BCUT2D eigenvalue weighted by atomic mass is 16.5. The summed E-state index contributed by atoms with van der Waals surface area (Å²) in [6.45, 7) is 6.67. The monoisotopic (exact) mass is 205 g/mol. The van der Waals surface area contributed by atoms with Crippen LogP contribution < -0.4 is 4.74 Å². The summed E-state index contributed by atoms with van der Waals surface area (Å²) in [5.74, 6) is 0.993. The van der Waals surface area contributed by atoms with Gasteiger partial charge in [-0.1, -0.05) is 25.1 Å². The fourth-order valence-corrected chi connectivity index (χ4v) is 2.26. The van der Waals surface area contributed by atoms with E-state index in [0.717, 1.165) is 25.3 Å². The maximum Gasteiger partial charge on any atom is 0.119 e. The molecule has 0 aromatic heterocycles. The maximum absolute atomic E-state index is 5.94. The van der Waals surface area contributed by atoms with Gasteiger partial charge in [0.25, 0.3) is 0 Å². The Hall–Kier alpha value is -1.02. The van der Waals surface area contributed by atoms with Gasteiger partial charge in [-0.15, -0.1) is 0 Å². The van der Waals surface area contributed by atoms with Gasteiger partial charge in [-0.3, -0.25) is 4.90 Å². The van der Waals surface area contributed by atoms with Crippen LogP contribution in [0.25, 0.3) is 0 Å². The van der Waals surface area contributed by atoms with Crippen LogP contribution in [0.1, 0.15) is 20.3 Å². The van der Waals surface area contributed by atoms with Gasteiger partial charge < -0.3 is 4.74 Å². The van der Waals surface area contributed by atoms with Crippen molar-refractivity contribution in [2.45, 2.75) is 32.4 Å². The highest BCUT2D eigenvalue weighted by Gasteiger charge is 2.28. The molecule has 2 heteroatoms.